The summed E-state index contributed by atoms with van der Waals surface area (Å²) >= 11 is 0. The lowest BCUT2D eigenvalue weighted by atomic mass is 9.84. The first-order chi connectivity index (χ1) is 27.7. The Bertz CT molecular complexity index is 2240. The van der Waals surface area contributed by atoms with E-state index in [0.29, 0.717) is 55.5 Å². The van der Waals surface area contributed by atoms with Crippen LogP contribution in [0.4, 0.5) is 13.6 Å². The number of nitrogens with zero attached hydrogens (tertiary/aromatic N) is 2. The Morgan fingerprint density at radius 2 is 1.81 bits per heavy atom. The van der Waals surface area contributed by atoms with Gasteiger partial charge in [0.25, 0.3) is 11.8 Å². The number of methoxy groups -OCH3 is 1. The molecule has 3 saturated carbocycles. The zero-order valence-corrected chi connectivity index (χ0v) is 34.9. The van der Waals surface area contributed by atoms with Crippen LogP contribution in [-0.2, 0) is 35.1 Å². The van der Waals surface area contributed by atoms with E-state index in [1.54, 1.807) is 45.9 Å². The number of hydrogen-bond acceptors (Lipinski definition) is 10. The number of nitrogens with one attached hydrogen (secondary N) is 3. The zero-order valence-electron chi connectivity index (χ0n) is 34.1. The molecule has 320 valence electrons. The molecule has 1 saturated heterocycles. The van der Waals surface area contributed by atoms with E-state index in [1.807, 2.05) is 6.08 Å². The third-order valence-electron chi connectivity index (χ3n) is 12.7. The van der Waals surface area contributed by atoms with Crippen LogP contribution in [0.15, 0.2) is 30.4 Å². The maximum Gasteiger partial charge on any atom is 0.408 e. The topological polar surface area (TPSA) is 182 Å². The van der Waals surface area contributed by atoms with Crippen molar-refractivity contribution in [2.45, 2.75) is 150 Å². The minimum Gasteiger partial charge on any atom is -0.497 e. The van der Waals surface area contributed by atoms with Crippen molar-refractivity contribution in [1.82, 2.24) is 25.2 Å². The lowest BCUT2D eigenvalue weighted by molar-refractivity contribution is -0.141. The van der Waals surface area contributed by atoms with Gasteiger partial charge in [0, 0.05) is 23.6 Å². The fraction of sp³-hybridized carbons (Fsp3) is 0.643. The van der Waals surface area contributed by atoms with Crippen molar-refractivity contribution >= 4 is 44.7 Å². The van der Waals surface area contributed by atoms with Crippen LogP contribution >= 0.6 is 0 Å². The zero-order chi connectivity index (χ0) is 42.3. The molecule has 6 aliphatic rings. The number of alkyl halides is 2. The quantitative estimate of drug-likeness (QED) is 0.309. The van der Waals surface area contributed by atoms with Crippen molar-refractivity contribution in [3.8, 4) is 11.5 Å². The van der Waals surface area contributed by atoms with E-state index in [9.17, 15) is 27.6 Å². The summed E-state index contributed by atoms with van der Waals surface area (Å²) in [5.74, 6) is -6.33. The predicted octanol–water partition coefficient (Wildman–Crippen LogP) is 5.62. The van der Waals surface area contributed by atoms with E-state index in [0.717, 1.165) is 12.8 Å². The molecule has 3 aliphatic carbocycles. The van der Waals surface area contributed by atoms with Gasteiger partial charge in [-0.2, -0.15) is 0 Å². The highest BCUT2D eigenvalue weighted by molar-refractivity contribution is 7.91. The van der Waals surface area contributed by atoms with Crippen molar-refractivity contribution in [2.75, 3.05) is 13.7 Å². The van der Waals surface area contributed by atoms with Gasteiger partial charge in [0.1, 0.15) is 34.6 Å². The Morgan fingerprint density at radius 3 is 2.49 bits per heavy atom. The van der Waals surface area contributed by atoms with Gasteiger partial charge in [-0.3, -0.25) is 19.1 Å². The maximum absolute atomic E-state index is 17.1. The van der Waals surface area contributed by atoms with E-state index in [2.05, 4.69) is 15.4 Å². The SMILES string of the molecule is COc1ccc2nc(C3CC3)c3c(c2c1)C(F)(F)CC1(CC2C(=O)NC4(C(=O)NS(=O)(=O)C5(C)CC5)CC4C=CCCCCCC(NC(=O)OC(C)(C)C)C(=O)N2C1)O3. The number of hydrogen-bond donors (Lipinski definition) is 3. The number of halogens is 2. The Morgan fingerprint density at radius 1 is 1.07 bits per heavy atom. The number of sulfonamides is 1. The normalized spacial score (nSPS) is 30.1. The summed E-state index contributed by atoms with van der Waals surface area (Å²) < 4.78 is 79.4. The first kappa shape index (κ1) is 41.2. The highest BCUT2D eigenvalue weighted by atomic mass is 32.2. The van der Waals surface area contributed by atoms with Crippen LogP contribution in [0, 0.1) is 5.92 Å². The summed E-state index contributed by atoms with van der Waals surface area (Å²) in [6, 6.07) is 2.16. The van der Waals surface area contributed by atoms with Crippen molar-refractivity contribution in [2.24, 2.45) is 5.92 Å². The maximum atomic E-state index is 17.1. The number of carbonyl (C=O) groups is 4. The smallest absolute Gasteiger partial charge is 0.408 e. The standard InChI is InChI=1S/C42H53F2N5O9S/c1-38(2,3)58-37(53)46-29-12-10-8-6-7-9-11-25-20-41(25,36(52)48-59(54,55)39(4)17-18-39)47-34(50)30-21-40(23-49(30)35(29)51)22-42(43,44)31-27-19-26(56-5)15-16-28(27)45-32(24-13-14-24)33(31)57-40/h9,11,15-16,19,24-25,29-30H,6-8,10,12-14,17-18,20-23H2,1-5H3,(H,46,53)(H,47,50)(H,48,52). The summed E-state index contributed by atoms with van der Waals surface area (Å²) in [5.41, 5.74) is -3.94. The second-order valence-corrected chi connectivity index (χ2v) is 20.8. The molecule has 0 radical (unpaired) electrons. The number of fused-ring (bicyclic) bond motifs is 5. The summed E-state index contributed by atoms with van der Waals surface area (Å²) in [5, 5.41) is 5.66. The van der Waals surface area contributed by atoms with Gasteiger partial charge in [0.15, 0.2) is 5.75 Å². The van der Waals surface area contributed by atoms with Crippen molar-refractivity contribution in [3.63, 3.8) is 0 Å². The number of rotatable bonds is 6. The minimum atomic E-state index is -4.09. The minimum absolute atomic E-state index is 0.0782. The van der Waals surface area contributed by atoms with Crippen LogP contribution < -0.4 is 24.8 Å². The van der Waals surface area contributed by atoms with E-state index in [-0.39, 0.29) is 41.9 Å². The number of carbonyl (C=O) groups excluding carboxylic acids is 4. The lowest BCUT2D eigenvalue weighted by Crippen LogP contribution is -2.58. The number of ether oxygens (including phenoxy) is 3. The Labute approximate surface area is 342 Å². The third-order valence-corrected chi connectivity index (χ3v) is 14.8. The molecule has 17 heteroatoms. The fourth-order valence-corrected chi connectivity index (χ4v) is 10.2. The van der Waals surface area contributed by atoms with Crippen LogP contribution in [0.1, 0.15) is 122 Å². The number of amides is 4. The van der Waals surface area contributed by atoms with Crippen LogP contribution in [0.2, 0.25) is 0 Å². The van der Waals surface area contributed by atoms with Crippen molar-refractivity contribution in [1.29, 1.82) is 0 Å². The highest BCUT2D eigenvalue weighted by Crippen LogP contribution is 2.58. The molecular formula is C42H53F2N5O9S. The van der Waals surface area contributed by atoms with E-state index in [1.165, 1.54) is 18.1 Å². The Balaban J connectivity index is 1.19. The number of benzene rings is 1. The predicted molar refractivity (Wildman–Crippen MR) is 211 cm³/mol. The second kappa shape index (κ2) is 14.3. The molecule has 1 aromatic heterocycles. The van der Waals surface area contributed by atoms with Gasteiger partial charge >= 0.3 is 6.09 Å². The number of aromatic nitrogens is 1. The van der Waals surface area contributed by atoms with Crippen LogP contribution in [0.3, 0.4) is 0 Å². The molecule has 5 atom stereocenters. The van der Waals surface area contributed by atoms with Gasteiger partial charge in [-0.05, 0) is 97.3 Å². The van der Waals surface area contributed by atoms with E-state index in [4.69, 9.17) is 19.2 Å². The second-order valence-electron chi connectivity index (χ2n) is 18.6. The van der Waals surface area contributed by atoms with Gasteiger partial charge in [0.05, 0.1) is 41.6 Å². The van der Waals surface area contributed by atoms with Gasteiger partial charge in [0.2, 0.25) is 21.8 Å². The molecule has 5 unspecified atom stereocenters. The number of alkyl carbamates (subject to hydrolysis) is 1. The molecule has 1 spiro atoms. The molecule has 3 aliphatic heterocycles. The van der Waals surface area contributed by atoms with Crippen molar-refractivity contribution in [3.05, 3.63) is 41.6 Å². The summed E-state index contributed by atoms with van der Waals surface area (Å²) in [4.78, 5) is 62.7. The molecule has 8 rings (SSSR count). The molecule has 4 amide bonds. The average molecular weight is 842 g/mol. The fourth-order valence-electron chi connectivity index (χ4n) is 8.85. The van der Waals surface area contributed by atoms with Gasteiger partial charge in [-0.15, -0.1) is 0 Å². The number of pyridine rings is 1. The Kier molecular flexibility index (Phi) is 9.98. The third kappa shape index (κ3) is 7.83. The molecule has 14 nitrogen and oxygen atoms in total. The van der Waals surface area contributed by atoms with Gasteiger partial charge < -0.3 is 29.7 Å². The summed E-state index contributed by atoms with van der Waals surface area (Å²) in [7, 11) is -2.65. The molecule has 3 N–H and O–H groups in total. The molecule has 1 aromatic carbocycles. The summed E-state index contributed by atoms with van der Waals surface area (Å²) in [6.07, 6.45) is 6.57. The van der Waals surface area contributed by atoms with Gasteiger partial charge in [-0.25, -0.2) is 27.0 Å². The molecule has 2 aromatic rings. The average Bonchev–Trinajstić information content (AvgIpc) is 4.08. The molecular weight excluding hydrogens is 789 g/mol. The van der Waals surface area contributed by atoms with Crippen LogP contribution in [0.5, 0.6) is 11.5 Å². The van der Waals surface area contributed by atoms with E-state index < -0.39 is 92.2 Å². The molecule has 59 heavy (non-hydrogen) atoms. The molecule has 0 bridgehead atoms. The summed E-state index contributed by atoms with van der Waals surface area (Å²) in [6.45, 7) is 6.14. The number of allylic oxidation sites excluding steroid dienone is 1. The first-order valence-corrected chi connectivity index (χ1v) is 22.1. The van der Waals surface area contributed by atoms with E-state index >= 15 is 8.78 Å². The monoisotopic (exact) mass is 841 g/mol. The highest BCUT2D eigenvalue weighted by Gasteiger charge is 2.65. The van der Waals surface area contributed by atoms with Gasteiger partial charge in [-0.1, -0.05) is 25.0 Å². The largest absolute Gasteiger partial charge is 0.497 e. The van der Waals surface area contributed by atoms with Crippen LogP contribution in [0.25, 0.3) is 10.9 Å². The van der Waals surface area contributed by atoms with Crippen LogP contribution in [-0.4, -0.2) is 89.3 Å². The first-order valence-electron chi connectivity index (χ1n) is 20.6. The Hall–Kier alpha value is -4.54. The van der Waals surface area contributed by atoms with Crippen molar-refractivity contribution < 1.29 is 50.6 Å². The molecule has 4 fully saturated rings. The molecule has 4 heterocycles. The lowest BCUT2D eigenvalue weighted by Gasteiger charge is -2.40.